The van der Waals surface area contributed by atoms with Crippen molar-refractivity contribution in [1.29, 1.82) is 0 Å². The molecule has 4 nitrogen and oxygen atoms in total. The van der Waals surface area contributed by atoms with Crippen LogP contribution in [-0.2, 0) is 22.5 Å². The smallest absolute Gasteiger partial charge is 0.222 e. The molecule has 3 aliphatic rings. The van der Waals surface area contributed by atoms with Gasteiger partial charge in [-0.1, -0.05) is 31.2 Å². The first-order valence-corrected chi connectivity index (χ1v) is 10.4. The molecule has 142 valence electrons. The van der Waals surface area contributed by atoms with Crippen LogP contribution >= 0.6 is 0 Å². The third kappa shape index (κ3) is 3.54. The molecule has 0 saturated carbocycles. The Balaban J connectivity index is 1.62. The number of rotatable bonds is 3. The Hall–Kier alpha value is -1.39. The zero-order chi connectivity index (χ0) is 18.0. The summed E-state index contributed by atoms with van der Waals surface area (Å²) < 4.78 is 5.56. The molecule has 4 rings (SSSR count). The summed E-state index contributed by atoms with van der Waals surface area (Å²) in [6, 6.07) is 8.76. The largest absolute Gasteiger partial charge is 0.381 e. The first kappa shape index (κ1) is 18.0. The lowest BCUT2D eigenvalue weighted by Gasteiger charge is -2.42. The molecular formula is C22H32N2O2. The Morgan fingerprint density at radius 1 is 1.23 bits per heavy atom. The number of carbonyl (C=O) groups is 1. The van der Waals surface area contributed by atoms with Crippen molar-refractivity contribution in [3.63, 3.8) is 0 Å². The number of carbonyl (C=O) groups excluding carboxylic acids is 1. The minimum absolute atomic E-state index is 0.121. The van der Waals surface area contributed by atoms with E-state index < -0.39 is 0 Å². The Labute approximate surface area is 157 Å². The molecule has 1 amide bonds. The third-order valence-electron chi connectivity index (χ3n) is 6.70. The van der Waals surface area contributed by atoms with Gasteiger partial charge >= 0.3 is 0 Å². The lowest BCUT2D eigenvalue weighted by atomic mass is 9.86. The fraction of sp³-hybridized carbons (Fsp3) is 0.682. The molecule has 4 heteroatoms. The molecular weight excluding hydrogens is 324 g/mol. The van der Waals surface area contributed by atoms with E-state index >= 15 is 0 Å². The molecule has 2 saturated heterocycles. The van der Waals surface area contributed by atoms with E-state index in [0.717, 1.165) is 38.6 Å². The predicted molar refractivity (Wildman–Crippen MR) is 103 cm³/mol. The highest BCUT2D eigenvalue weighted by atomic mass is 16.5. The molecule has 1 atom stereocenters. The summed E-state index contributed by atoms with van der Waals surface area (Å²) in [4.78, 5) is 17.5. The van der Waals surface area contributed by atoms with Gasteiger partial charge in [0.2, 0.25) is 5.91 Å². The van der Waals surface area contributed by atoms with Crippen molar-refractivity contribution in [2.24, 2.45) is 5.92 Å². The lowest BCUT2D eigenvalue weighted by Crippen LogP contribution is -2.54. The SMILES string of the molecule is CCC(=O)N1Cc2ccccc2CC2(CCCN2CC2CCOCC2)C1. The summed E-state index contributed by atoms with van der Waals surface area (Å²) in [5.41, 5.74) is 2.90. The average Bonchev–Trinajstić information content (AvgIpc) is 2.95. The molecule has 0 N–H and O–H groups in total. The number of fused-ring (bicyclic) bond motifs is 1. The highest BCUT2D eigenvalue weighted by molar-refractivity contribution is 5.76. The van der Waals surface area contributed by atoms with Crippen LogP contribution in [0.25, 0.3) is 0 Å². The van der Waals surface area contributed by atoms with Gasteiger partial charge in [0.25, 0.3) is 0 Å². The summed E-state index contributed by atoms with van der Waals surface area (Å²) in [6.07, 6.45) is 6.50. The van der Waals surface area contributed by atoms with Crippen molar-refractivity contribution in [3.8, 4) is 0 Å². The number of likely N-dealkylation sites (tertiary alicyclic amines) is 1. The predicted octanol–water partition coefficient (Wildman–Crippen LogP) is 3.24. The van der Waals surface area contributed by atoms with E-state index in [4.69, 9.17) is 4.74 Å². The quantitative estimate of drug-likeness (QED) is 0.833. The van der Waals surface area contributed by atoms with Gasteiger partial charge in [0, 0.05) is 44.8 Å². The minimum atomic E-state index is 0.121. The number of amides is 1. The fourth-order valence-electron chi connectivity index (χ4n) is 5.21. The number of hydrogen-bond acceptors (Lipinski definition) is 3. The highest BCUT2D eigenvalue weighted by Crippen LogP contribution is 2.38. The topological polar surface area (TPSA) is 32.8 Å². The number of benzene rings is 1. The Morgan fingerprint density at radius 3 is 2.77 bits per heavy atom. The zero-order valence-electron chi connectivity index (χ0n) is 16.1. The van der Waals surface area contributed by atoms with Gasteiger partial charge in [-0.25, -0.2) is 0 Å². The van der Waals surface area contributed by atoms with Crippen LogP contribution in [0.15, 0.2) is 24.3 Å². The number of ether oxygens (including phenoxy) is 1. The van der Waals surface area contributed by atoms with Gasteiger partial charge in [0.05, 0.1) is 0 Å². The monoisotopic (exact) mass is 356 g/mol. The van der Waals surface area contributed by atoms with Crippen molar-refractivity contribution >= 4 is 5.91 Å². The average molecular weight is 357 g/mol. The summed E-state index contributed by atoms with van der Waals surface area (Å²) in [5, 5.41) is 0. The number of hydrogen-bond donors (Lipinski definition) is 0. The van der Waals surface area contributed by atoms with E-state index in [1.54, 1.807) is 0 Å². The molecule has 0 bridgehead atoms. The normalized spacial score (nSPS) is 27.5. The summed E-state index contributed by atoms with van der Waals surface area (Å²) in [5.74, 6) is 1.03. The second-order valence-corrected chi connectivity index (χ2v) is 8.38. The highest BCUT2D eigenvalue weighted by Gasteiger charge is 2.45. The van der Waals surface area contributed by atoms with Crippen molar-refractivity contribution in [2.45, 2.75) is 57.5 Å². The van der Waals surface area contributed by atoms with Crippen LogP contribution in [0.2, 0.25) is 0 Å². The van der Waals surface area contributed by atoms with E-state index in [1.807, 2.05) is 6.92 Å². The first-order chi connectivity index (χ1) is 12.7. The third-order valence-corrected chi connectivity index (χ3v) is 6.70. The van der Waals surface area contributed by atoms with Crippen molar-refractivity contribution in [2.75, 3.05) is 32.8 Å². The van der Waals surface area contributed by atoms with Gasteiger partial charge in [0.15, 0.2) is 0 Å². The van der Waals surface area contributed by atoms with E-state index in [1.165, 1.54) is 49.9 Å². The molecule has 3 aliphatic heterocycles. The molecule has 2 fully saturated rings. The second kappa shape index (κ2) is 7.69. The maximum atomic E-state index is 12.7. The molecule has 1 aromatic carbocycles. The van der Waals surface area contributed by atoms with Crippen LogP contribution < -0.4 is 0 Å². The van der Waals surface area contributed by atoms with Crippen molar-refractivity contribution in [1.82, 2.24) is 9.80 Å². The maximum absolute atomic E-state index is 12.7. The summed E-state index contributed by atoms with van der Waals surface area (Å²) in [6.45, 7) is 7.81. The minimum Gasteiger partial charge on any atom is -0.381 e. The zero-order valence-corrected chi connectivity index (χ0v) is 16.1. The van der Waals surface area contributed by atoms with E-state index in [2.05, 4.69) is 34.1 Å². The van der Waals surface area contributed by atoms with Crippen LogP contribution in [-0.4, -0.2) is 54.1 Å². The van der Waals surface area contributed by atoms with Crippen molar-refractivity contribution < 1.29 is 9.53 Å². The Morgan fingerprint density at radius 2 is 2.00 bits per heavy atom. The molecule has 26 heavy (non-hydrogen) atoms. The second-order valence-electron chi connectivity index (χ2n) is 8.38. The molecule has 1 spiro atoms. The van der Waals surface area contributed by atoms with Crippen LogP contribution in [0.1, 0.15) is 50.2 Å². The van der Waals surface area contributed by atoms with Gasteiger partial charge < -0.3 is 9.64 Å². The van der Waals surface area contributed by atoms with Crippen molar-refractivity contribution in [3.05, 3.63) is 35.4 Å². The Bertz CT molecular complexity index is 641. The van der Waals surface area contributed by atoms with Crippen LogP contribution in [0.5, 0.6) is 0 Å². The molecule has 0 aromatic heterocycles. The Kier molecular flexibility index (Phi) is 5.32. The van der Waals surface area contributed by atoms with Crippen LogP contribution in [0.4, 0.5) is 0 Å². The summed E-state index contributed by atoms with van der Waals surface area (Å²) >= 11 is 0. The summed E-state index contributed by atoms with van der Waals surface area (Å²) in [7, 11) is 0. The molecule has 3 heterocycles. The van der Waals surface area contributed by atoms with E-state index in [9.17, 15) is 4.79 Å². The van der Waals surface area contributed by atoms with Gasteiger partial charge in [-0.05, 0) is 55.7 Å². The molecule has 1 aromatic rings. The van der Waals surface area contributed by atoms with Crippen LogP contribution in [0, 0.1) is 5.92 Å². The maximum Gasteiger partial charge on any atom is 0.222 e. The number of nitrogens with zero attached hydrogens (tertiary/aromatic N) is 2. The first-order valence-electron chi connectivity index (χ1n) is 10.4. The van der Waals surface area contributed by atoms with Gasteiger partial charge in [-0.15, -0.1) is 0 Å². The fourth-order valence-corrected chi connectivity index (χ4v) is 5.21. The van der Waals surface area contributed by atoms with E-state index in [-0.39, 0.29) is 5.54 Å². The molecule has 0 radical (unpaired) electrons. The van der Waals surface area contributed by atoms with Gasteiger partial charge in [-0.3, -0.25) is 9.69 Å². The van der Waals surface area contributed by atoms with Gasteiger partial charge in [0.1, 0.15) is 0 Å². The van der Waals surface area contributed by atoms with Crippen LogP contribution in [0.3, 0.4) is 0 Å². The standard InChI is InChI=1S/C22H32N2O2/c1-2-21(25)23-16-20-7-4-3-6-19(20)14-22(17-23)10-5-11-24(22)15-18-8-12-26-13-9-18/h3-4,6-7,18H,2,5,8-17H2,1H3. The van der Waals surface area contributed by atoms with E-state index in [0.29, 0.717) is 12.3 Å². The lowest BCUT2D eigenvalue weighted by molar-refractivity contribution is -0.133. The molecule has 0 aliphatic carbocycles. The molecule has 1 unspecified atom stereocenters. The van der Waals surface area contributed by atoms with Gasteiger partial charge in [-0.2, -0.15) is 0 Å².